The summed E-state index contributed by atoms with van der Waals surface area (Å²) in [5.41, 5.74) is 0.448. The van der Waals surface area contributed by atoms with Gasteiger partial charge in [0.1, 0.15) is 5.82 Å². The molecule has 2 aromatic heterocycles. The molecule has 0 aliphatic carbocycles. The first-order valence-corrected chi connectivity index (χ1v) is 7.91. The first-order valence-electron chi connectivity index (χ1n) is 7.91. The number of nitrogens with zero attached hydrogens (tertiary/aromatic N) is 4. The molecule has 0 bridgehead atoms. The van der Waals surface area contributed by atoms with E-state index in [4.69, 9.17) is 0 Å². The fourth-order valence-corrected chi connectivity index (χ4v) is 2.21. The van der Waals surface area contributed by atoms with Crippen LogP contribution in [-0.2, 0) is 11.3 Å². The van der Waals surface area contributed by atoms with Gasteiger partial charge in [0, 0.05) is 31.1 Å². The largest absolute Gasteiger partial charge is 0.351 e. The summed E-state index contributed by atoms with van der Waals surface area (Å²) in [6, 6.07) is 10.5. The Bertz CT molecular complexity index is 962. The van der Waals surface area contributed by atoms with Crippen LogP contribution in [0, 0.1) is 5.82 Å². The summed E-state index contributed by atoms with van der Waals surface area (Å²) >= 11 is 0. The molecule has 0 unspecified atom stereocenters. The molecule has 3 rings (SSSR count). The van der Waals surface area contributed by atoms with Gasteiger partial charge in [-0.2, -0.15) is 5.10 Å². The Hall–Kier alpha value is -3.55. The van der Waals surface area contributed by atoms with Crippen molar-refractivity contribution < 1.29 is 9.18 Å². The van der Waals surface area contributed by atoms with Crippen molar-refractivity contribution in [3.05, 3.63) is 82.7 Å². The lowest BCUT2D eigenvalue weighted by molar-refractivity contribution is -0.116. The predicted molar refractivity (Wildman–Crippen MR) is 94.1 cm³/mol. The highest BCUT2D eigenvalue weighted by Crippen LogP contribution is 2.04. The molecule has 0 radical (unpaired) electrons. The highest BCUT2D eigenvalue weighted by atomic mass is 19.1. The zero-order valence-corrected chi connectivity index (χ0v) is 13.7. The van der Waals surface area contributed by atoms with Crippen LogP contribution in [0.5, 0.6) is 0 Å². The fraction of sp³-hybridized carbons (Fsp3) is 0.111. The number of nitrogens with one attached hydrogen (secondary N) is 1. The number of hydrogen-bond donors (Lipinski definition) is 1. The SMILES string of the molecule is O=C(/C=C/c1ccc(F)cc1)NCCn1nc(-n2cccn2)ccc1=O. The molecule has 7 nitrogen and oxygen atoms in total. The minimum atomic E-state index is -0.332. The van der Waals surface area contributed by atoms with E-state index in [9.17, 15) is 14.0 Å². The number of aromatic nitrogens is 4. The van der Waals surface area contributed by atoms with Gasteiger partial charge in [0.25, 0.3) is 5.56 Å². The van der Waals surface area contributed by atoms with Gasteiger partial charge in [-0.3, -0.25) is 9.59 Å². The highest BCUT2D eigenvalue weighted by molar-refractivity contribution is 5.91. The Kier molecular flexibility index (Phi) is 5.33. The smallest absolute Gasteiger partial charge is 0.266 e. The summed E-state index contributed by atoms with van der Waals surface area (Å²) in [5.74, 6) is -0.135. The van der Waals surface area contributed by atoms with Gasteiger partial charge in [-0.05, 0) is 35.9 Å². The topological polar surface area (TPSA) is 81.8 Å². The van der Waals surface area contributed by atoms with Crippen molar-refractivity contribution in [1.29, 1.82) is 0 Å². The lowest BCUT2D eigenvalue weighted by atomic mass is 10.2. The minimum Gasteiger partial charge on any atom is -0.351 e. The fourth-order valence-electron chi connectivity index (χ4n) is 2.21. The van der Waals surface area contributed by atoms with E-state index in [1.807, 2.05) is 0 Å². The number of carbonyl (C=O) groups excluding carboxylic acids is 1. The van der Waals surface area contributed by atoms with Gasteiger partial charge >= 0.3 is 0 Å². The van der Waals surface area contributed by atoms with E-state index in [2.05, 4.69) is 15.5 Å². The number of benzene rings is 1. The van der Waals surface area contributed by atoms with Gasteiger partial charge in [-0.1, -0.05) is 12.1 Å². The van der Waals surface area contributed by atoms with Crippen LogP contribution in [0.3, 0.4) is 0 Å². The van der Waals surface area contributed by atoms with Crippen molar-refractivity contribution in [3.8, 4) is 5.82 Å². The third-order valence-corrected chi connectivity index (χ3v) is 3.51. The zero-order chi connectivity index (χ0) is 18.4. The van der Waals surface area contributed by atoms with E-state index in [0.29, 0.717) is 11.4 Å². The van der Waals surface area contributed by atoms with E-state index in [1.165, 1.54) is 29.0 Å². The van der Waals surface area contributed by atoms with Crippen molar-refractivity contribution >= 4 is 12.0 Å². The van der Waals surface area contributed by atoms with E-state index in [-0.39, 0.29) is 30.4 Å². The minimum absolute atomic E-state index is 0.226. The molecule has 0 saturated heterocycles. The third kappa shape index (κ3) is 4.50. The third-order valence-electron chi connectivity index (χ3n) is 3.51. The second-order valence-electron chi connectivity index (χ2n) is 5.38. The molecule has 132 valence electrons. The van der Waals surface area contributed by atoms with Crippen LogP contribution in [0.25, 0.3) is 11.9 Å². The van der Waals surface area contributed by atoms with E-state index in [1.54, 1.807) is 47.4 Å². The summed E-state index contributed by atoms with van der Waals surface area (Å²) < 4.78 is 15.6. The van der Waals surface area contributed by atoms with Gasteiger partial charge in [0.05, 0.1) is 6.54 Å². The number of hydrogen-bond acceptors (Lipinski definition) is 4. The predicted octanol–water partition coefficient (Wildman–Crippen LogP) is 1.40. The maximum Gasteiger partial charge on any atom is 0.266 e. The van der Waals surface area contributed by atoms with Gasteiger partial charge < -0.3 is 5.32 Å². The summed E-state index contributed by atoms with van der Waals surface area (Å²) in [6.07, 6.45) is 6.27. The second kappa shape index (κ2) is 8.02. The summed E-state index contributed by atoms with van der Waals surface area (Å²) in [6.45, 7) is 0.464. The summed E-state index contributed by atoms with van der Waals surface area (Å²) in [7, 11) is 0. The van der Waals surface area contributed by atoms with Crippen molar-refractivity contribution in [2.75, 3.05) is 6.54 Å². The Labute approximate surface area is 148 Å². The van der Waals surface area contributed by atoms with E-state index < -0.39 is 0 Å². The Balaban J connectivity index is 1.56. The van der Waals surface area contributed by atoms with Gasteiger partial charge in [-0.15, -0.1) is 5.10 Å². The molecule has 1 aromatic carbocycles. The summed E-state index contributed by atoms with van der Waals surface area (Å²) in [5, 5.41) is 10.9. The molecule has 0 spiro atoms. The zero-order valence-electron chi connectivity index (χ0n) is 13.7. The normalized spacial score (nSPS) is 11.0. The van der Waals surface area contributed by atoms with Crippen molar-refractivity contribution in [1.82, 2.24) is 24.9 Å². The van der Waals surface area contributed by atoms with Crippen LogP contribution < -0.4 is 10.9 Å². The maximum absolute atomic E-state index is 12.8. The van der Waals surface area contributed by atoms with Crippen LogP contribution >= 0.6 is 0 Å². The van der Waals surface area contributed by atoms with Crippen LogP contribution in [0.4, 0.5) is 4.39 Å². The Morgan fingerprint density at radius 2 is 2.00 bits per heavy atom. The average Bonchev–Trinajstić information content (AvgIpc) is 3.17. The van der Waals surface area contributed by atoms with Crippen molar-refractivity contribution in [2.45, 2.75) is 6.54 Å². The van der Waals surface area contributed by atoms with Crippen LogP contribution in [0.15, 0.2) is 65.7 Å². The highest BCUT2D eigenvalue weighted by Gasteiger charge is 2.03. The van der Waals surface area contributed by atoms with Gasteiger partial charge in [0.2, 0.25) is 5.91 Å². The van der Waals surface area contributed by atoms with E-state index in [0.717, 1.165) is 0 Å². The molecule has 0 atom stereocenters. The average molecular weight is 353 g/mol. The lowest BCUT2D eigenvalue weighted by Crippen LogP contribution is -2.31. The standard InChI is InChI=1S/C18H16FN5O2/c19-15-5-2-14(3-6-15)4-8-17(25)20-11-13-24-18(26)9-7-16(22-24)23-12-1-10-21-23/h1-10,12H,11,13H2,(H,20,25)/b8-4+. The Morgan fingerprint density at radius 3 is 2.73 bits per heavy atom. The van der Waals surface area contributed by atoms with Gasteiger partial charge in [-0.25, -0.2) is 13.8 Å². The van der Waals surface area contributed by atoms with Crippen molar-refractivity contribution in [3.63, 3.8) is 0 Å². The molecule has 8 heteroatoms. The first kappa shape index (κ1) is 17.3. The molecule has 26 heavy (non-hydrogen) atoms. The maximum atomic E-state index is 12.8. The monoisotopic (exact) mass is 353 g/mol. The summed E-state index contributed by atoms with van der Waals surface area (Å²) in [4.78, 5) is 23.7. The molecule has 0 aliphatic rings. The molecule has 1 N–H and O–H groups in total. The quantitative estimate of drug-likeness (QED) is 0.679. The molecule has 3 aromatic rings. The number of amides is 1. The van der Waals surface area contributed by atoms with Crippen molar-refractivity contribution in [2.24, 2.45) is 0 Å². The first-order chi connectivity index (χ1) is 12.6. The number of halogens is 1. The second-order valence-corrected chi connectivity index (χ2v) is 5.38. The molecule has 0 saturated carbocycles. The molecular weight excluding hydrogens is 337 g/mol. The van der Waals surface area contributed by atoms with Crippen LogP contribution in [-0.4, -0.2) is 32.0 Å². The van der Waals surface area contributed by atoms with Gasteiger partial charge in [0.15, 0.2) is 5.82 Å². The van der Waals surface area contributed by atoms with Crippen LogP contribution in [0.1, 0.15) is 5.56 Å². The lowest BCUT2D eigenvalue weighted by Gasteiger charge is -2.07. The molecular formula is C18H16FN5O2. The molecule has 2 heterocycles. The van der Waals surface area contributed by atoms with Crippen LogP contribution in [0.2, 0.25) is 0 Å². The molecule has 0 fully saturated rings. The Morgan fingerprint density at radius 1 is 1.19 bits per heavy atom. The number of carbonyl (C=O) groups is 1. The molecule has 0 aliphatic heterocycles. The van der Waals surface area contributed by atoms with E-state index >= 15 is 0 Å². The molecule has 1 amide bonds. The number of rotatable bonds is 6.